The largest absolute Gasteiger partial charge is 0.493 e. The van der Waals surface area contributed by atoms with Crippen LogP contribution in [-0.2, 0) is 0 Å². The number of benzene rings is 2. The number of nitrogens with zero attached hydrogens (tertiary/aromatic N) is 2. The van der Waals surface area contributed by atoms with Crippen molar-refractivity contribution in [2.24, 2.45) is 0 Å². The molecular formula is C25H21ClN2O5S. The van der Waals surface area contributed by atoms with Gasteiger partial charge >= 0.3 is 0 Å². The molecule has 7 nitrogen and oxygen atoms in total. The van der Waals surface area contributed by atoms with Crippen molar-refractivity contribution < 1.29 is 18.7 Å². The summed E-state index contributed by atoms with van der Waals surface area (Å²) in [4.78, 5) is 34.6. The van der Waals surface area contributed by atoms with Gasteiger partial charge in [0.1, 0.15) is 5.58 Å². The molecular weight excluding hydrogens is 476 g/mol. The Morgan fingerprint density at radius 1 is 1.06 bits per heavy atom. The Hall–Kier alpha value is -3.36. The molecule has 5 rings (SSSR count). The van der Waals surface area contributed by atoms with Crippen molar-refractivity contribution >= 4 is 44.9 Å². The van der Waals surface area contributed by atoms with Gasteiger partial charge in [0.05, 0.1) is 36.9 Å². The van der Waals surface area contributed by atoms with Crippen LogP contribution in [0.5, 0.6) is 11.5 Å². The summed E-state index contributed by atoms with van der Waals surface area (Å²) >= 11 is 7.70. The number of methoxy groups -OCH3 is 2. The van der Waals surface area contributed by atoms with Gasteiger partial charge in [-0.15, -0.1) is 11.3 Å². The first-order valence-electron chi connectivity index (χ1n) is 10.5. The highest BCUT2D eigenvalue weighted by atomic mass is 35.5. The van der Waals surface area contributed by atoms with E-state index >= 15 is 0 Å². The number of carbonyl (C=O) groups is 1. The zero-order valence-electron chi connectivity index (χ0n) is 19.2. The third-order valence-corrected chi connectivity index (χ3v) is 7.58. The number of anilines is 1. The molecule has 0 spiro atoms. The SMILES string of the molecule is COc1ccc(C2c3c(oc4cc(C)c(Cl)cc4c3=O)C(=O)N2c2nc(C)c(C)s2)cc1OC. The van der Waals surface area contributed by atoms with Crippen molar-refractivity contribution in [3.05, 3.63) is 78.6 Å². The number of fused-ring (bicyclic) bond motifs is 2. The van der Waals surface area contributed by atoms with Crippen molar-refractivity contribution in [3.63, 3.8) is 0 Å². The van der Waals surface area contributed by atoms with E-state index in [9.17, 15) is 9.59 Å². The lowest BCUT2D eigenvalue weighted by molar-refractivity contribution is 0.0971. The van der Waals surface area contributed by atoms with Crippen LogP contribution in [0.25, 0.3) is 11.0 Å². The Morgan fingerprint density at radius 3 is 2.44 bits per heavy atom. The first kappa shape index (κ1) is 22.4. The van der Waals surface area contributed by atoms with E-state index in [1.54, 1.807) is 37.4 Å². The summed E-state index contributed by atoms with van der Waals surface area (Å²) < 4.78 is 16.9. The van der Waals surface area contributed by atoms with Crippen molar-refractivity contribution in [1.82, 2.24) is 4.98 Å². The second-order valence-electron chi connectivity index (χ2n) is 8.10. The molecule has 0 fully saturated rings. The minimum atomic E-state index is -0.756. The average Bonchev–Trinajstić information content (AvgIpc) is 3.30. The summed E-state index contributed by atoms with van der Waals surface area (Å²) in [6.45, 7) is 5.64. The van der Waals surface area contributed by atoms with Gasteiger partial charge < -0.3 is 13.9 Å². The van der Waals surface area contributed by atoms with Crippen molar-refractivity contribution in [1.29, 1.82) is 0 Å². The van der Waals surface area contributed by atoms with Gasteiger partial charge in [-0.3, -0.25) is 14.5 Å². The predicted molar refractivity (Wildman–Crippen MR) is 132 cm³/mol. The average molecular weight is 497 g/mol. The summed E-state index contributed by atoms with van der Waals surface area (Å²) in [5, 5.41) is 1.26. The van der Waals surface area contributed by atoms with E-state index in [0.717, 1.165) is 16.1 Å². The van der Waals surface area contributed by atoms with Crippen LogP contribution in [0.4, 0.5) is 5.13 Å². The minimum Gasteiger partial charge on any atom is -0.493 e. The fourth-order valence-electron chi connectivity index (χ4n) is 4.19. The molecule has 0 aliphatic carbocycles. The molecule has 4 aromatic rings. The molecule has 1 unspecified atom stereocenters. The van der Waals surface area contributed by atoms with Crippen molar-refractivity contribution in [2.45, 2.75) is 26.8 Å². The number of aromatic nitrogens is 1. The lowest BCUT2D eigenvalue weighted by Crippen LogP contribution is -2.29. The Morgan fingerprint density at radius 2 is 1.79 bits per heavy atom. The van der Waals surface area contributed by atoms with Crippen molar-refractivity contribution in [2.75, 3.05) is 19.1 Å². The van der Waals surface area contributed by atoms with Gasteiger partial charge in [-0.25, -0.2) is 4.98 Å². The maximum Gasteiger partial charge on any atom is 0.297 e. The first-order chi connectivity index (χ1) is 16.2. The molecule has 1 amide bonds. The van der Waals surface area contributed by atoms with Crippen LogP contribution in [0, 0.1) is 20.8 Å². The molecule has 0 saturated carbocycles. The number of amides is 1. The molecule has 174 valence electrons. The third kappa shape index (κ3) is 3.28. The zero-order chi connectivity index (χ0) is 24.3. The third-order valence-electron chi connectivity index (χ3n) is 6.10. The van der Waals surface area contributed by atoms with Gasteiger partial charge in [0.25, 0.3) is 5.91 Å². The van der Waals surface area contributed by atoms with E-state index in [2.05, 4.69) is 4.98 Å². The number of thiazole rings is 1. The Kier molecular flexibility index (Phi) is 5.37. The summed E-state index contributed by atoms with van der Waals surface area (Å²) in [5.41, 5.74) is 2.50. The monoisotopic (exact) mass is 496 g/mol. The number of carbonyl (C=O) groups excluding carboxylic acids is 1. The van der Waals surface area contributed by atoms with E-state index in [1.165, 1.54) is 23.3 Å². The topological polar surface area (TPSA) is 81.9 Å². The van der Waals surface area contributed by atoms with Gasteiger partial charge in [-0.05, 0) is 56.2 Å². The lowest BCUT2D eigenvalue weighted by Gasteiger charge is -2.23. The van der Waals surface area contributed by atoms with Gasteiger partial charge in [-0.1, -0.05) is 17.7 Å². The Bertz CT molecular complexity index is 1520. The molecule has 34 heavy (non-hydrogen) atoms. The lowest BCUT2D eigenvalue weighted by atomic mass is 9.98. The molecule has 1 aliphatic heterocycles. The van der Waals surface area contributed by atoms with Gasteiger partial charge in [0.2, 0.25) is 5.76 Å². The molecule has 9 heteroatoms. The highest BCUT2D eigenvalue weighted by molar-refractivity contribution is 7.15. The number of ether oxygens (including phenoxy) is 2. The van der Waals surface area contributed by atoms with Crippen LogP contribution in [0.15, 0.2) is 39.5 Å². The number of hydrogen-bond donors (Lipinski definition) is 0. The van der Waals surface area contributed by atoms with Crippen LogP contribution in [-0.4, -0.2) is 25.1 Å². The maximum atomic E-state index is 13.8. The second-order valence-corrected chi connectivity index (χ2v) is 9.69. The number of aryl methyl sites for hydroxylation is 3. The molecule has 0 bridgehead atoms. The predicted octanol–water partition coefficient (Wildman–Crippen LogP) is 5.60. The summed E-state index contributed by atoms with van der Waals surface area (Å²) in [6.07, 6.45) is 0. The van der Waals surface area contributed by atoms with Crippen LogP contribution < -0.4 is 19.8 Å². The molecule has 1 atom stereocenters. The summed E-state index contributed by atoms with van der Waals surface area (Å²) in [5.74, 6) is 0.604. The van der Waals surface area contributed by atoms with Crippen LogP contribution in [0.2, 0.25) is 5.02 Å². The summed E-state index contributed by atoms with van der Waals surface area (Å²) in [7, 11) is 3.08. The quantitative estimate of drug-likeness (QED) is 0.366. The fraction of sp³-hybridized carbons (Fsp3) is 0.240. The zero-order valence-corrected chi connectivity index (χ0v) is 20.8. The normalized spacial score (nSPS) is 15.2. The van der Waals surface area contributed by atoms with E-state index in [0.29, 0.717) is 38.2 Å². The first-order valence-corrected chi connectivity index (χ1v) is 11.7. The smallest absolute Gasteiger partial charge is 0.297 e. The highest BCUT2D eigenvalue weighted by Crippen LogP contribution is 2.44. The van der Waals surface area contributed by atoms with Crippen molar-refractivity contribution in [3.8, 4) is 11.5 Å². The van der Waals surface area contributed by atoms with E-state index in [1.807, 2.05) is 20.8 Å². The van der Waals surface area contributed by atoms with Crippen LogP contribution in [0.3, 0.4) is 0 Å². The molecule has 3 heterocycles. The van der Waals surface area contributed by atoms with E-state index < -0.39 is 11.9 Å². The molecule has 2 aromatic carbocycles. The Labute approximate surface area is 204 Å². The summed E-state index contributed by atoms with van der Waals surface area (Å²) in [6, 6.07) is 7.83. The molecule has 0 radical (unpaired) electrons. The highest BCUT2D eigenvalue weighted by Gasteiger charge is 2.45. The van der Waals surface area contributed by atoms with Gasteiger partial charge in [0.15, 0.2) is 22.1 Å². The molecule has 1 aliphatic rings. The number of rotatable bonds is 4. The molecule has 0 N–H and O–H groups in total. The van der Waals surface area contributed by atoms with Crippen LogP contribution in [0.1, 0.15) is 43.9 Å². The standard InChI is InChI=1S/C25H21ClN2O5S/c1-11-8-18-15(10-16(11)26)22(29)20-21(14-6-7-17(31-4)19(9-14)32-5)28(24(30)23(20)33-18)25-27-12(2)13(3)34-25/h6-10,21H,1-5H3. The van der Waals surface area contributed by atoms with Crippen LogP contribution >= 0.6 is 22.9 Å². The minimum absolute atomic E-state index is 0.00418. The second kappa shape index (κ2) is 8.14. The van der Waals surface area contributed by atoms with Gasteiger partial charge in [0, 0.05) is 9.90 Å². The number of halogens is 1. The van der Waals surface area contributed by atoms with E-state index in [4.69, 9.17) is 25.5 Å². The Balaban J connectivity index is 1.82. The van der Waals surface area contributed by atoms with Gasteiger partial charge in [-0.2, -0.15) is 0 Å². The fourth-order valence-corrected chi connectivity index (χ4v) is 5.29. The molecule has 0 saturated heterocycles. The van der Waals surface area contributed by atoms with E-state index in [-0.39, 0.29) is 16.8 Å². The molecule has 2 aromatic heterocycles. The maximum absolute atomic E-state index is 13.8. The number of hydrogen-bond acceptors (Lipinski definition) is 7.